The number of aromatic hydroxyl groups is 2. The van der Waals surface area contributed by atoms with E-state index in [4.69, 9.17) is 9.47 Å². The molecule has 34 heavy (non-hydrogen) atoms. The number of phenols is 2. The van der Waals surface area contributed by atoms with E-state index >= 15 is 0 Å². The molecule has 3 aromatic rings. The van der Waals surface area contributed by atoms with Gasteiger partial charge >= 0.3 is 0 Å². The van der Waals surface area contributed by atoms with E-state index < -0.39 is 0 Å². The predicted octanol–water partition coefficient (Wildman–Crippen LogP) is 6.32. The number of hydrogen-bond donors (Lipinski definition) is 2. The topological polar surface area (TPSA) is 62.2 Å². The molecule has 0 aliphatic carbocycles. The van der Waals surface area contributed by atoms with Crippen molar-refractivity contribution in [2.75, 3.05) is 19.7 Å². The minimum atomic E-state index is -0.214. The van der Waals surface area contributed by atoms with Gasteiger partial charge in [0.15, 0.2) is 0 Å². The highest BCUT2D eigenvalue weighted by molar-refractivity contribution is 7.99. The third-order valence-corrected chi connectivity index (χ3v) is 8.06. The lowest BCUT2D eigenvalue weighted by atomic mass is 10.00. The first-order valence-electron chi connectivity index (χ1n) is 12.0. The third-order valence-electron chi connectivity index (χ3n) is 6.71. The van der Waals surface area contributed by atoms with Gasteiger partial charge in [-0.15, -0.1) is 11.8 Å². The highest BCUT2D eigenvalue weighted by Gasteiger charge is 2.33. The fourth-order valence-corrected chi connectivity index (χ4v) is 6.09. The van der Waals surface area contributed by atoms with Crippen LogP contribution in [0, 0.1) is 0 Å². The lowest BCUT2D eigenvalue weighted by Crippen LogP contribution is -2.36. The summed E-state index contributed by atoms with van der Waals surface area (Å²) >= 11 is 1.67. The molecule has 0 bridgehead atoms. The second kappa shape index (κ2) is 10.2. The third kappa shape index (κ3) is 4.98. The van der Waals surface area contributed by atoms with Crippen molar-refractivity contribution in [3.05, 3.63) is 77.9 Å². The molecule has 2 aliphatic rings. The zero-order valence-corrected chi connectivity index (χ0v) is 20.2. The lowest BCUT2D eigenvalue weighted by Gasteiger charge is -2.34. The van der Waals surface area contributed by atoms with Crippen LogP contribution in [0.15, 0.2) is 71.6 Å². The van der Waals surface area contributed by atoms with Crippen LogP contribution < -0.4 is 9.47 Å². The molecule has 2 aliphatic heterocycles. The van der Waals surface area contributed by atoms with Crippen molar-refractivity contribution < 1.29 is 19.7 Å². The Morgan fingerprint density at radius 1 is 0.941 bits per heavy atom. The summed E-state index contributed by atoms with van der Waals surface area (Å²) in [6.07, 6.45) is 3.45. The van der Waals surface area contributed by atoms with E-state index in [1.807, 2.05) is 30.3 Å². The first kappa shape index (κ1) is 22.9. The maximum Gasteiger partial charge on any atom is 0.140 e. The summed E-state index contributed by atoms with van der Waals surface area (Å²) in [7, 11) is 0. The quantitative estimate of drug-likeness (QED) is 0.415. The van der Waals surface area contributed by atoms with Crippen LogP contribution >= 0.6 is 11.8 Å². The van der Waals surface area contributed by atoms with Crippen molar-refractivity contribution in [3.8, 4) is 23.0 Å². The molecule has 2 N–H and O–H groups in total. The number of ether oxygens (including phenoxy) is 2. The lowest BCUT2D eigenvalue weighted by molar-refractivity contribution is 0.156. The Morgan fingerprint density at radius 2 is 1.62 bits per heavy atom. The number of nitrogens with zero attached hydrogens (tertiary/aromatic N) is 1. The van der Waals surface area contributed by atoms with E-state index in [1.54, 1.807) is 36.0 Å². The summed E-state index contributed by atoms with van der Waals surface area (Å²) < 4.78 is 12.6. The average molecular weight is 478 g/mol. The van der Waals surface area contributed by atoms with Crippen molar-refractivity contribution in [1.82, 2.24) is 4.90 Å². The van der Waals surface area contributed by atoms with E-state index in [-0.39, 0.29) is 22.9 Å². The Morgan fingerprint density at radius 3 is 2.32 bits per heavy atom. The molecule has 1 fully saturated rings. The van der Waals surface area contributed by atoms with Gasteiger partial charge in [0, 0.05) is 6.04 Å². The SMILES string of the molecule is CC[C@H](COc1ccc([C@@H]2Oc3ccc(O)cc3S[C@@H]2c2ccc(O)cc2)cc1)N1CCCC1. The van der Waals surface area contributed by atoms with E-state index in [0.717, 1.165) is 33.9 Å². The van der Waals surface area contributed by atoms with Gasteiger partial charge in [-0.25, -0.2) is 0 Å². The van der Waals surface area contributed by atoms with E-state index in [2.05, 4.69) is 24.0 Å². The molecule has 0 radical (unpaired) electrons. The summed E-state index contributed by atoms with van der Waals surface area (Å²) in [5.74, 6) is 2.09. The van der Waals surface area contributed by atoms with Crippen LogP contribution in [-0.4, -0.2) is 40.9 Å². The Bertz CT molecular complexity index is 1100. The summed E-state index contributed by atoms with van der Waals surface area (Å²) in [5.41, 5.74) is 2.11. The minimum absolute atomic E-state index is 0.0266. The minimum Gasteiger partial charge on any atom is -0.508 e. The number of likely N-dealkylation sites (tertiary alicyclic amines) is 1. The first-order valence-corrected chi connectivity index (χ1v) is 12.9. The van der Waals surface area contributed by atoms with Crippen LogP contribution in [-0.2, 0) is 0 Å². The van der Waals surface area contributed by atoms with Crippen LogP contribution in [0.3, 0.4) is 0 Å². The molecule has 6 heteroatoms. The van der Waals surface area contributed by atoms with Crippen molar-refractivity contribution in [2.45, 2.75) is 48.5 Å². The van der Waals surface area contributed by atoms with Gasteiger partial charge in [0.2, 0.25) is 0 Å². The second-order valence-corrected chi connectivity index (χ2v) is 10.2. The van der Waals surface area contributed by atoms with Crippen LogP contribution in [0.25, 0.3) is 0 Å². The second-order valence-electron chi connectivity index (χ2n) is 8.98. The average Bonchev–Trinajstić information content (AvgIpc) is 3.39. The van der Waals surface area contributed by atoms with Crippen LogP contribution in [0.5, 0.6) is 23.0 Å². The molecule has 5 nitrogen and oxygen atoms in total. The number of phenolic OH excluding ortho intramolecular Hbond substituents is 2. The molecule has 178 valence electrons. The smallest absolute Gasteiger partial charge is 0.140 e. The maximum absolute atomic E-state index is 9.95. The van der Waals surface area contributed by atoms with Gasteiger partial charge in [-0.3, -0.25) is 4.90 Å². The number of thioether (sulfide) groups is 1. The summed E-state index contributed by atoms with van der Waals surface area (Å²) in [5, 5.41) is 19.7. The van der Waals surface area contributed by atoms with E-state index in [1.165, 1.54) is 25.9 Å². The molecule has 0 aromatic heterocycles. The highest BCUT2D eigenvalue weighted by Crippen LogP contribution is 2.54. The Kier molecular flexibility index (Phi) is 6.88. The van der Waals surface area contributed by atoms with Crippen LogP contribution in [0.1, 0.15) is 48.7 Å². The van der Waals surface area contributed by atoms with Gasteiger partial charge < -0.3 is 19.7 Å². The summed E-state index contributed by atoms with van der Waals surface area (Å²) in [6, 6.07) is 21.1. The highest BCUT2D eigenvalue weighted by atomic mass is 32.2. The van der Waals surface area contributed by atoms with Gasteiger partial charge in [-0.1, -0.05) is 31.2 Å². The molecule has 0 saturated carbocycles. The molecule has 1 saturated heterocycles. The van der Waals surface area contributed by atoms with Gasteiger partial charge in [0.05, 0.1) is 10.1 Å². The number of benzene rings is 3. The molecule has 0 spiro atoms. The number of rotatable bonds is 7. The van der Waals surface area contributed by atoms with Crippen molar-refractivity contribution in [1.29, 1.82) is 0 Å². The Balaban J connectivity index is 1.35. The van der Waals surface area contributed by atoms with Gasteiger partial charge in [-0.05, 0) is 85.9 Å². The fourth-order valence-electron chi connectivity index (χ4n) is 4.77. The Labute approximate surface area is 205 Å². The van der Waals surface area contributed by atoms with Crippen molar-refractivity contribution in [2.24, 2.45) is 0 Å². The molecule has 0 amide bonds. The van der Waals surface area contributed by atoms with Gasteiger partial charge in [0.1, 0.15) is 35.7 Å². The summed E-state index contributed by atoms with van der Waals surface area (Å²) in [4.78, 5) is 3.45. The normalized spacial score (nSPS) is 21.0. The molecule has 2 heterocycles. The largest absolute Gasteiger partial charge is 0.508 e. The first-order chi connectivity index (χ1) is 16.6. The van der Waals surface area contributed by atoms with Crippen molar-refractivity contribution >= 4 is 11.8 Å². The zero-order valence-electron chi connectivity index (χ0n) is 19.4. The molecular formula is C28H31NO4S. The summed E-state index contributed by atoms with van der Waals surface area (Å²) in [6.45, 7) is 5.29. The zero-order chi connectivity index (χ0) is 23.5. The van der Waals surface area contributed by atoms with Crippen LogP contribution in [0.4, 0.5) is 0 Å². The van der Waals surface area contributed by atoms with Crippen molar-refractivity contribution in [3.63, 3.8) is 0 Å². The molecule has 3 aromatic carbocycles. The van der Waals surface area contributed by atoms with Gasteiger partial charge in [-0.2, -0.15) is 0 Å². The predicted molar refractivity (Wildman–Crippen MR) is 135 cm³/mol. The van der Waals surface area contributed by atoms with E-state index in [0.29, 0.717) is 12.6 Å². The molecule has 3 atom stereocenters. The molecule has 0 unspecified atom stereocenters. The fraction of sp³-hybridized carbons (Fsp3) is 0.357. The van der Waals surface area contributed by atoms with E-state index in [9.17, 15) is 10.2 Å². The van der Waals surface area contributed by atoms with Crippen LogP contribution in [0.2, 0.25) is 0 Å². The molecule has 5 rings (SSSR count). The monoisotopic (exact) mass is 477 g/mol. The standard InChI is InChI=1S/C28H31NO4S/c1-2-21(29-15-3-4-16-29)18-32-24-12-7-19(8-13-24)27-28(20-5-9-22(30)10-6-20)34-26-17-23(31)11-14-25(26)33-27/h5-14,17,21,27-28,30-31H,2-4,15-16,18H2,1H3/t21-,27+,28-/m1/s1. The number of hydrogen-bond acceptors (Lipinski definition) is 6. The molecular weight excluding hydrogens is 446 g/mol. The van der Waals surface area contributed by atoms with Gasteiger partial charge in [0.25, 0.3) is 0 Å². The Hall–Kier alpha value is -2.83. The number of fused-ring (bicyclic) bond motifs is 1. The maximum atomic E-state index is 9.95.